The lowest BCUT2D eigenvalue weighted by molar-refractivity contribution is 0.0288. The molecule has 1 fully saturated rings. The maximum atomic E-state index is 12.3. The number of rotatable bonds is 5. The highest BCUT2D eigenvalue weighted by Gasteiger charge is 2.29. The average molecular weight is 467 g/mol. The van der Waals surface area contributed by atoms with Gasteiger partial charge in [0.15, 0.2) is 0 Å². The highest BCUT2D eigenvalue weighted by Crippen LogP contribution is 2.26. The Morgan fingerprint density at radius 3 is 2.64 bits per heavy atom. The first-order valence-corrected chi connectivity index (χ1v) is 11.3. The van der Waals surface area contributed by atoms with Crippen LogP contribution in [0.3, 0.4) is 0 Å². The average Bonchev–Trinajstić information content (AvgIpc) is 3.22. The number of carbonyl (C=O) groups excluding carboxylic acids is 1. The molecule has 1 saturated heterocycles. The second-order valence-electron chi connectivity index (χ2n) is 9.18. The summed E-state index contributed by atoms with van der Waals surface area (Å²) in [7, 11) is 0. The smallest absolute Gasteiger partial charge is 0.410 e. The maximum Gasteiger partial charge on any atom is 0.410 e. The zero-order valence-corrected chi connectivity index (χ0v) is 19.7. The highest BCUT2D eigenvalue weighted by atomic mass is 35.5. The van der Waals surface area contributed by atoms with Crippen LogP contribution in [-0.4, -0.2) is 44.6 Å². The number of benzene rings is 1. The third-order valence-electron chi connectivity index (χ3n) is 5.22. The molecule has 3 heterocycles. The van der Waals surface area contributed by atoms with Gasteiger partial charge in [-0.3, -0.25) is 4.98 Å². The van der Waals surface area contributed by atoms with Crippen molar-refractivity contribution in [3.8, 4) is 22.9 Å². The van der Waals surface area contributed by atoms with Crippen LogP contribution in [0.1, 0.15) is 32.8 Å². The Hall–Kier alpha value is -3.19. The fourth-order valence-electron chi connectivity index (χ4n) is 3.74. The molecular formula is C25H27ClN4O3. The molecule has 0 unspecified atom stereocenters. The van der Waals surface area contributed by atoms with E-state index in [1.54, 1.807) is 47.8 Å². The number of hydrogen-bond donors (Lipinski definition) is 0. The van der Waals surface area contributed by atoms with Crippen molar-refractivity contribution >= 4 is 17.7 Å². The first-order chi connectivity index (χ1) is 15.7. The van der Waals surface area contributed by atoms with Crippen molar-refractivity contribution in [3.63, 3.8) is 0 Å². The molecule has 0 aliphatic carbocycles. The lowest BCUT2D eigenvalue weighted by Gasteiger charge is -2.24. The lowest BCUT2D eigenvalue weighted by Crippen LogP contribution is -2.35. The number of carbonyl (C=O) groups is 1. The first-order valence-electron chi connectivity index (χ1n) is 10.9. The molecule has 0 N–H and O–H groups in total. The van der Waals surface area contributed by atoms with Crippen molar-refractivity contribution in [2.75, 3.05) is 13.1 Å². The van der Waals surface area contributed by atoms with Crippen LogP contribution in [0.2, 0.25) is 5.02 Å². The summed E-state index contributed by atoms with van der Waals surface area (Å²) in [6.45, 7) is 7.06. The number of likely N-dealkylation sites (tertiary alicyclic amines) is 1. The van der Waals surface area contributed by atoms with Gasteiger partial charge in [0.1, 0.15) is 11.4 Å². The number of aromatic nitrogens is 3. The minimum absolute atomic E-state index is 0.242. The molecule has 1 aromatic carbocycles. The predicted molar refractivity (Wildman–Crippen MR) is 126 cm³/mol. The van der Waals surface area contributed by atoms with E-state index in [-0.39, 0.29) is 12.1 Å². The number of hydrogen-bond acceptors (Lipinski definition) is 6. The minimum atomic E-state index is -0.482. The van der Waals surface area contributed by atoms with E-state index in [0.29, 0.717) is 29.8 Å². The molecular weight excluding hydrogens is 440 g/mol. The summed E-state index contributed by atoms with van der Waals surface area (Å²) in [6.07, 6.45) is 8.65. The van der Waals surface area contributed by atoms with Crippen molar-refractivity contribution in [1.82, 2.24) is 19.9 Å². The molecule has 1 atom stereocenters. The molecule has 8 heteroatoms. The maximum absolute atomic E-state index is 12.3. The van der Waals surface area contributed by atoms with Gasteiger partial charge in [0, 0.05) is 54.0 Å². The molecule has 1 amide bonds. The van der Waals surface area contributed by atoms with E-state index in [1.807, 2.05) is 27.0 Å². The van der Waals surface area contributed by atoms with Gasteiger partial charge in [-0.1, -0.05) is 17.7 Å². The fraction of sp³-hybridized carbons (Fsp3) is 0.360. The van der Waals surface area contributed by atoms with Crippen LogP contribution in [0.4, 0.5) is 4.79 Å². The Balaban J connectivity index is 1.37. The first kappa shape index (κ1) is 23.0. The van der Waals surface area contributed by atoms with Crippen LogP contribution in [0.25, 0.3) is 11.1 Å². The number of ether oxygens (including phenoxy) is 2. The Morgan fingerprint density at radius 1 is 1.12 bits per heavy atom. The van der Waals surface area contributed by atoms with E-state index in [2.05, 4.69) is 21.0 Å². The quantitative estimate of drug-likeness (QED) is 0.474. The van der Waals surface area contributed by atoms with Crippen LogP contribution in [-0.2, 0) is 11.2 Å². The van der Waals surface area contributed by atoms with E-state index < -0.39 is 5.60 Å². The second-order valence-corrected chi connectivity index (χ2v) is 9.62. The molecule has 2 aromatic heterocycles. The van der Waals surface area contributed by atoms with Gasteiger partial charge in [0.05, 0.1) is 0 Å². The van der Waals surface area contributed by atoms with Crippen molar-refractivity contribution in [2.45, 2.75) is 39.2 Å². The second kappa shape index (κ2) is 9.75. The van der Waals surface area contributed by atoms with Gasteiger partial charge < -0.3 is 14.4 Å². The van der Waals surface area contributed by atoms with E-state index in [0.717, 1.165) is 29.5 Å². The van der Waals surface area contributed by atoms with Crippen molar-refractivity contribution in [2.24, 2.45) is 5.92 Å². The highest BCUT2D eigenvalue weighted by molar-refractivity contribution is 6.30. The van der Waals surface area contributed by atoms with Crippen LogP contribution >= 0.6 is 11.6 Å². The number of amides is 1. The van der Waals surface area contributed by atoms with E-state index in [9.17, 15) is 4.79 Å². The Labute approximate surface area is 198 Å². The molecule has 0 spiro atoms. The summed E-state index contributed by atoms with van der Waals surface area (Å²) in [5, 5.41) is 0.587. The molecule has 1 aliphatic heterocycles. The van der Waals surface area contributed by atoms with Gasteiger partial charge in [0.25, 0.3) is 0 Å². The zero-order chi connectivity index (χ0) is 23.4. The molecule has 4 rings (SSSR count). The van der Waals surface area contributed by atoms with Crippen LogP contribution in [0, 0.1) is 5.92 Å². The molecule has 0 bridgehead atoms. The summed E-state index contributed by atoms with van der Waals surface area (Å²) in [4.78, 5) is 27.1. The van der Waals surface area contributed by atoms with Crippen LogP contribution < -0.4 is 4.74 Å². The van der Waals surface area contributed by atoms with Crippen molar-refractivity contribution in [3.05, 3.63) is 65.7 Å². The summed E-state index contributed by atoms with van der Waals surface area (Å²) in [6, 6.07) is 9.43. The summed E-state index contributed by atoms with van der Waals surface area (Å²) in [5.41, 5.74) is 2.42. The van der Waals surface area contributed by atoms with Gasteiger partial charge in [-0.25, -0.2) is 14.8 Å². The van der Waals surface area contributed by atoms with E-state index in [1.165, 1.54) is 0 Å². The Morgan fingerprint density at radius 2 is 1.91 bits per heavy atom. The SMILES string of the molecule is CC(C)(C)OC(=O)N1CC[C@H](Cc2cncc(-c3cnc(Oc4cccc(Cl)c4)nc3)c2)C1. The third-order valence-corrected chi connectivity index (χ3v) is 5.46. The molecule has 3 aromatic rings. The van der Waals surface area contributed by atoms with Gasteiger partial charge in [-0.2, -0.15) is 0 Å². The number of halogens is 1. The standard InChI is InChI=1S/C25H27ClN4O3/c1-25(2,3)33-24(31)30-8-7-17(16-30)9-18-10-19(13-27-12-18)20-14-28-23(29-15-20)32-22-6-4-5-21(26)11-22/h4-6,10-15,17H,7-9,16H2,1-3H3/t17-/m1/s1. The fourth-order valence-corrected chi connectivity index (χ4v) is 3.92. The van der Waals surface area contributed by atoms with Gasteiger partial charge in [-0.05, 0) is 69.4 Å². The largest absolute Gasteiger partial charge is 0.444 e. The van der Waals surface area contributed by atoms with Gasteiger partial charge in [0.2, 0.25) is 0 Å². The van der Waals surface area contributed by atoms with Crippen molar-refractivity contribution in [1.29, 1.82) is 0 Å². The van der Waals surface area contributed by atoms with Crippen molar-refractivity contribution < 1.29 is 14.3 Å². The normalized spacial score (nSPS) is 16.0. The topological polar surface area (TPSA) is 77.4 Å². The Bertz CT molecular complexity index is 1120. The molecule has 1 aliphatic rings. The lowest BCUT2D eigenvalue weighted by atomic mass is 9.98. The molecule has 172 valence electrons. The van der Waals surface area contributed by atoms with Crippen LogP contribution in [0.15, 0.2) is 55.1 Å². The van der Waals surface area contributed by atoms with Gasteiger partial charge in [-0.15, -0.1) is 0 Å². The summed E-state index contributed by atoms with van der Waals surface area (Å²) < 4.78 is 11.2. The molecule has 7 nitrogen and oxygen atoms in total. The van der Waals surface area contributed by atoms with Crippen LogP contribution in [0.5, 0.6) is 11.8 Å². The zero-order valence-electron chi connectivity index (χ0n) is 19.0. The number of nitrogens with zero attached hydrogens (tertiary/aromatic N) is 4. The molecule has 0 radical (unpaired) electrons. The molecule has 0 saturated carbocycles. The number of pyridine rings is 1. The Kier molecular flexibility index (Phi) is 6.79. The third kappa shape index (κ3) is 6.42. The van der Waals surface area contributed by atoms with Gasteiger partial charge >= 0.3 is 12.1 Å². The summed E-state index contributed by atoms with van der Waals surface area (Å²) >= 11 is 5.99. The summed E-state index contributed by atoms with van der Waals surface area (Å²) in [5.74, 6) is 0.954. The van der Waals surface area contributed by atoms with E-state index >= 15 is 0 Å². The molecule has 33 heavy (non-hydrogen) atoms. The minimum Gasteiger partial charge on any atom is -0.444 e. The monoisotopic (exact) mass is 466 g/mol. The van der Waals surface area contributed by atoms with E-state index in [4.69, 9.17) is 21.1 Å². The predicted octanol–water partition coefficient (Wildman–Crippen LogP) is 5.78.